The van der Waals surface area contributed by atoms with Crippen molar-refractivity contribution in [2.24, 2.45) is 5.18 Å². The van der Waals surface area contributed by atoms with Crippen LogP contribution < -0.4 is 0 Å². The molecule has 1 aromatic heterocycles. The quantitative estimate of drug-likeness (QED) is 0.844. The van der Waals surface area contributed by atoms with E-state index in [-0.39, 0.29) is 5.69 Å². The standard InChI is InChI=1S/C12H7ClN2O3/c13-9-3-1-2-7(4-9)8-5-10(16)11(14-6-8)12(17)15-18/h1-6,16H. The predicted octanol–water partition coefficient (Wildman–Crippen LogP) is 3.01. The van der Waals surface area contributed by atoms with Gasteiger partial charge in [-0.3, -0.25) is 4.79 Å². The number of aromatic hydroxyl groups is 1. The van der Waals surface area contributed by atoms with Gasteiger partial charge in [0.25, 0.3) is 0 Å². The minimum absolute atomic E-state index is 0.365. The first-order valence-electron chi connectivity index (χ1n) is 4.94. The number of nitroso groups, excluding NO2 is 1. The summed E-state index contributed by atoms with van der Waals surface area (Å²) in [6, 6.07) is 8.27. The molecule has 0 fully saturated rings. The Morgan fingerprint density at radius 2 is 2.06 bits per heavy atom. The molecule has 18 heavy (non-hydrogen) atoms. The first kappa shape index (κ1) is 12.2. The van der Waals surface area contributed by atoms with Crippen LogP contribution in [0.4, 0.5) is 0 Å². The summed E-state index contributed by atoms with van der Waals surface area (Å²) in [6.07, 6.45) is 1.36. The van der Waals surface area contributed by atoms with Gasteiger partial charge in [0.05, 0.1) is 0 Å². The average molecular weight is 263 g/mol. The molecule has 90 valence electrons. The van der Waals surface area contributed by atoms with Crippen molar-refractivity contribution in [1.82, 2.24) is 4.98 Å². The summed E-state index contributed by atoms with van der Waals surface area (Å²) in [5, 5.41) is 12.4. The largest absolute Gasteiger partial charge is 0.505 e. The minimum atomic E-state index is -1.11. The average Bonchev–Trinajstić information content (AvgIpc) is 2.37. The molecule has 0 aliphatic rings. The molecule has 1 aromatic carbocycles. The Morgan fingerprint density at radius 1 is 1.28 bits per heavy atom. The minimum Gasteiger partial charge on any atom is -0.505 e. The number of benzene rings is 1. The van der Waals surface area contributed by atoms with Gasteiger partial charge in [0.2, 0.25) is 0 Å². The van der Waals surface area contributed by atoms with E-state index in [1.807, 2.05) is 0 Å². The molecule has 0 atom stereocenters. The Kier molecular flexibility index (Phi) is 3.34. The van der Waals surface area contributed by atoms with E-state index in [2.05, 4.69) is 10.2 Å². The molecule has 1 amide bonds. The lowest BCUT2D eigenvalue weighted by Crippen LogP contribution is -1.98. The molecule has 0 aliphatic carbocycles. The number of rotatable bonds is 2. The number of carbonyl (C=O) groups is 1. The Balaban J connectivity index is 2.46. The van der Waals surface area contributed by atoms with Crippen molar-refractivity contribution in [2.75, 3.05) is 0 Å². The molecular weight excluding hydrogens is 256 g/mol. The highest BCUT2D eigenvalue weighted by Gasteiger charge is 2.14. The van der Waals surface area contributed by atoms with Crippen LogP contribution in [0.25, 0.3) is 11.1 Å². The highest BCUT2D eigenvalue weighted by Crippen LogP contribution is 2.26. The van der Waals surface area contributed by atoms with Crippen LogP contribution in [-0.2, 0) is 0 Å². The molecule has 5 nitrogen and oxygen atoms in total. The SMILES string of the molecule is O=NC(=O)c1ncc(-c2cccc(Cl)c2)cc1O. The molecule has 0 saturated heterocycles. The highest BCUT2D eigenvalue weighted by molar-refractivity contribution is 6.30. The summed E-state index contributed by atoms with van der Waals surface area (Å²) in [5.41, 5.74) is 0.955. The van der Waals surface area contributed by atoms with Gasteiger partial charge in [-0.15, -0.1) is 4.91 Å². The summed E-state index contributed by atoms with van der Waals surface area (Å²) in [4.78, 5) is 24.8. The third kappa shape index (κ3) is 2.36. The van der Waals surface area contributed by atoms with Gasteiger partial charge in [-0.25, -0.2) is 4.98 Å². The van der Waals surface area contributed by atoms with Crippen LogP contribution >= 0.6 is 11.6 Å². The van der Waals surface area contributed by atoms with E-state index in [1.165, 1.54) is 12.3 Å². The number of halogens is 1. The van der Waals surface area contributed by atoms with Crippen LogP contribution in [-0.4, -0.2) is 16.0 Å². The lowest BCUT2D eigenvalue weighted by Gasteiger charge is -2.04. The fraction of sp³-hybridized carbons (Fsp3) is 0. The lowest BCUT2D eigenvalue weighted by molar-refractivity contribution is 0.0993. The maximum atomic E-state index is 11.0. The number of hydrogen-bond donors (Lipinski definition) is 1. The van der Waals surface area contributed by atoms with E-state index in [4.69, 9.17) is 11.6 Å². The molecule has 1 N–H and O–H groups in total. The van der Waals surface area contributed by atoms with E-state index < -0.39 is 11.7 Å². The monoisotopic (exact) mass is 262 g/mol. The molecular formula is C12H7ClN2O3. The van der Waals surface area contributed by atoms with Gasteiger partial charge in [-0.05, 0) is 23.8 Å². The smallest absolute Gasteiger partial charge is 0.338 e. The molecule has 2 rings (SSSR count). The van der Waals surface area contributed by atoms with Gasteiger partial charge in [0.15, 0.2) is 5.69 Å². The summed E-state index contributed by atoms with van der Waals surface area (Å²) < 4.78 is 0. The number of carbonyl (C=O) groups excluding carboxylic acids is 1. The van der Waals surface area contributed by atoms with Crippen molar-refractivity contribution in [1.29, 1.82) is 0 Å². The molecule has 0 unspecified atom stereocenters. The lowest BCUT2D eigenvalue weighted by atomic mass is 10.1. The summed E-state index contributed by atoms with van der Waals surface area (Å²) in [7, 11) is 0. The molecule has 6 heteroatoms. The Bertz CT molecular complexity index is 628. The zero-order valence-electron chi connectivity index (χ0n) is 9.00. The number of aromatic nitrogens is 1. The predicted molar refractivity (Wildman–Crippen MR) is 66.5 cm³/mol. The number of pyridine rings is 1. The second-order valence-corrected chi connectivity index (χ2v) is 3.93. The van der Waals surface area contributed by atoms with Crippen molar-refractivity contribution in [3.05, 3.63) is 52.2 Å². The summed E-state index contributed by atoms with van der Waals surface area (Å²) >= 11 is 5.85. The zero-order chi connectivity index (χ0) is 13.1. The molecule has 0 spiro atoms. The molecule has 0 saturated carbocycles. The molecule has 2 aromatic rings. The molecule has 0 aliphatic heterocycles. The van der Waals surface area contributed by atoms with Crippen molar-refractivity contribution < 1.29 is 9.90 Å². The Hall–Kier alpha value is -2.27. The van der Waals surface area contributed by atoms with Gasteiger partial charge < -0.3 is 5.11 Å². The van der Waals surface area contributed by atoms with Gasteiger partial charge in [0, 0.05) is 22.0 Å². The second-order valence-electron chi connectivity index (χ2n) is 3.50. The maximum absolute atomic E-state index is 11.0. The number of nitrogens with zero attached hydrogens (tertiary/aromatic N) is 2. The van der Waals surface area contributed by atoms with Gasteiger partial charge >= 0.3 is 5.91 Å². The van der Waals surface area contributed by atoms with Crippen LogP contribution in [0.3, 0.4) is 0 Å². The highest BCUT2D eigenvalue weighted by atomic mass is 35.5. The van der Waals surface area contributed by atoms with Crippen molar-refractivity contribution in [3.63, 3.8) is 0 Å². The van der Waals surface area contributed by atoms with E-state index in [0.29, 0.717) is 10.6 Å². The first-order chi connectivity index (χ1) is 8.61. The molecule has 1 heterocycles. The Morgan fingerprint density at radius 3 is 2.67 bits per heavy atom. The van der Waals surface area contributed by atoms with Crippen LogP contribution in [0, 0.1) is 4.91 Å². The van der Waals surface area contributed by atoms with Gasteiger partial charge in [-0.1, -0.05) is 23.7 Å². The normalized spacial score (nSPS) is 10.1. The van der Waals surface area contributed by atoms with Gasteiger partial charge in [-0.2, -0.15) is 0 Å². The zero-order valence-corrected chi connectivity index (χ0v) is 9.76. The molecule has 0 bridgehead atoms. The van der Waals surface area contributed by atoms with Gasteiger partial charge in [0.1, 0.15) is 5.75 Å². The van der Waals surface area contributed by atoms with Crippen LogP contribution in [0.15, 0.2) is 41.7 Å². The van der Waals surface area contributed by atoms with Crippen LogP contribution in [0.5, 0.6) is 5.75 Å². The van der Waals surface area contributed by atoms with Crippen LogP contribution in [0.2, 0.25) is 5.02 Å². The van der Waals surface area contributed by atoms with E-state index in [1.54, 1.807) is 24.3 Å². The summed E-state index contributed by atoms with van der Waals surface area (Å²) in [6.45, 7) is 0. The maximum Gasteiger partial charge on any atom is 0.338 e. The third-order valence-corrected chi connectivity index (χ3v) is 2.55. The van der Waals surface area contributed by atoms with Crippen molar-refractivity contribution >= 4 is 17.5 Å². The number of hydrogen-bond acceptors (Lipinski definition) is 4. The third-order valence-electron chi connectivity index (χ3n) is 2.31. The Labute approximate surface area is 107 Å². The van der Waals surface area contributed by atoms with Crippen molar-refractivity contribution in [3.8, 4) is 16.9 Å². The summed E-state index contributed by atoms with van der Waals surface area (Å²) in [5.74, 6) is -1.50. The van der Waals surface area contributed by atoms with Crippen molar-refractivity contribution in [2.45, 2.75) is 0 Å². The fourth-order valence-corrected chi connectivity index (χ4v) is 1.68. The van der Waals surface area contributed by atoms with E-state index in [9.17, 15) is 14.8 Å². The topological polar surface area (TPSA) is 79.6 Å². The van der Waals surface area contributed by atoms with E-state index in [0.717, 1.165) is 5.56 Å². The molecule has 0 radical (unpaired) electrons. The van der Waals surface area contributed by atoms with E-state index >= 15 is 0 Å². The second kappa shape index (κ2) is 4.93. The fourth-order valence-electron chi connectivity index (χ4n) is 1.49. The number of amides is 1. The first-order valence-corrected chi connectivity index (χ1v) is 5.32. The van der Waals surface area contributed by atoms with Crippen LogP contribution in [0.1, 0.15) is 10.5 Å².